The van der Waals surface area contributed by atoms with Crippen LogP contribution in [0.15, 0.2) is 52.2 Å². The molecule has 0 saturated heterocycles. The lowest BCUT2D eigenvalue weighted by molar-refractivity contribution is -0.139. The van der Waals surface area contributed by atoms with E-state index in [4.69, 9.17) is 4.42 Å². The van der Waals surface area contributed by atoms with Crippen LogP contribution in [0.4, 0.5) is 4.39 Å². The van der Waals surface area contributed by atoms with Crippen molar-refractivity contribution in [3.8, 4) is 5.69 Å². The molecule has 0 bridgehead atoms. The number of carbonyl (C=O) groups is 2. The Hall–Kier alpha value is -3.75. The molecule has 0 fully saturated rings. The van der Waals surface area contributed by atoms with E-state index >= 15 is 0 Å². The number of hydrazone groups is 1. The topological polar surface area (TPSA) is 102 Å². The lowest BCUT2D eigenvalue weighted by atomic mass is 10.2. The van der Waals surface area contributed by atoms with Gasteiger partial charge in [-0.05, 0) is 50.2 Å². The van der Waals surface area contributed by atoms with Crippen molar-refractivity contribution in [2.45, 2.75) is 20.4 Å². The van der Waals surface area contributed by atoms with Gasteiger partial charge in [0.15, 0.2) is 0 Å². The third-order valence-corrected chi connectivity index (χ3v) is 3.99. The van der Waals surface area contributed by atoms with Crippen molar-refractivity contribution in [1.82, 2.24) is 20.5 Å². The number of hydrogen-bond donors (Lipinski definition) is 2. The van der Waals surface area contributed by atoms with E-state index in [1.165, 1.54) is 24.6 Å². The van der Waals surface area contributed by atoms with Crippen molar-refractivity contribution in [2.24, 2.45) is 5.10 Å². The molecule has 3 aromatic rings. The molecule has 0 unspecified atom stereocenters. The van der Waals surface area contributed by atoms with Crippen LogP contribution in [-0.2, 0) is 16.1 Å². The van der Waals surface area contributed by atoms with Crippen LogP contribution in [-0.4, -0.2) is 27.8 Å². The Labute approximate surface area is 160 Å². The monoisotopic (exact) mass is 383 g/mol. The average Bonchev–Trinajstić information content (AvgIpc) is 3.30. The summed E-state index contributed by atoms with van der Waals surface area (Å²) in [6.45, 7) is 3.71. The maximum atomic E-state index is 13.1. The molecule has 0 aliphatic rings. The first-order valence-corrected chi connectivity index (χ1v) is 8.41. The molecule has 2 amide bonds. The minimum Gasteiger partial charge on any atom is -0.467 e. The predicted molar refractivity (Wildman–Crippen MR) is 99.3 cm³/mol. The molecule has 2 heterocycles. The smallest absolute Gasteiger partial charge is 0.329 e. The first-order valence-electron chi connectivity index (χ1n) is 8.41. The zero-order chi connectivity index (χ0) is 20.1. The summed E-state index contributed by atoms with van der Waals surface area (Å²) in [6, 6.07) is 9.28. The number of halogens is 1. The van der Waals surface area contributed by atoms with Crippen LogP contribution in [0.2, 0.25) is 0 Å². The van der Waals surface area contributed by atoms with Gasteiger partial charge in [-0.2, -0.15) is 10.2 Å². The van der Waals surface area contributed by atoms with Gasteiger partial charge in [-0.3, -0.25) is 9.59 Å². The quantitative estimate of drug-likeness (QED) is 0.400. The molecule has 0 radical (unpaired) electrons. The summed E-state index contributed by atoms with van der Waals surface area (Å²) in [4.78, 5) is 23.5. The van der Waals surface area contributed by atoms with Gasteiger partial charge in [0.1, 0.15) is 11.6 Å². The highest BCUT2D eigenvalue weighted by atomic mass is 19.1. The fourth-order valence-electron chi connectivity index (χ4n) is 2.54. The highest BCUT2D eigenvalue weighted by Gasteiger charge is 2.14. The second-order valence-corrected chi connectivity index (χ2v) is 5.93. The standard InChI is InChI=1S/C19H18FN5O3/c1-12-17(13(2)25(24-12)15-7-5-14(20)6-8-15)11-22-23-19(27)18(26)21-10-16-4-3-9-28-16/h3-9,11H,10H2,1-2H3,(H,21,26)(H,23,27)/b22-11-. The summed E-state index contributed by atoms with van der Waals surface area (Å²) in [5.74, 6) is -1.53. The molecule has 0 atom stereocenters. The van der Waals surface area contributed by atoms with Crippen molar-refractivity contribution < 1.29 is 18.4 Å². The van der Waals surface area contributed by atoms with Gasteiger partial charge in [0.05, 0.1) is 36.1 Å². The molecule has 0 spiro atoms. The van der Waals surface area contributed by atoms with E-state index in [1.807, 2.05) is 6.92 Å². The van der Waals surface area contributed by atoms with Crippen LogP contribution in [0.1, 0.15) is 22.7 Å². The lowest BCUT2D eigenvalue weighted by Gasteiger charge is -2.04. The Morgan fingerprint density at radius 1 is 1.21 bits per heavy atom. The van der Waals surface area contributed by atoms with Gasteiger partial charge < -0.3 is 9.73 Å². The van der Waals surface area contributed by atoms with Crippen LogP contribution in [0.25, 0.3) is 5.69 Å². The van der Waals surface area contributed by atoms with Crippen molar-refractivity contribution in [2.75, 3.05) is 0 Å². The highest BCUT2D eigenvalue weighted by Crippen LogP contribution is 2.16. The number of hydrogen-bond acceptors (Lipinski definition) is 5. The SMILES string of the molecule is Cc1nn(-c2ccc(F)cc2)c(C)c1/C=N\NC(=O)C(=O)NCc1ccco1. The van der Waals surface area contributed by atoms with Crippen molar-refractivity contribution in [1.29, 1.82) is 0 Å². The van der Waals surface area contributed by atoms with Crippen LogP contribution in [0, 0.1) is 19.7 Å². The molecule has 2 N–H and O–H groups in total. The minimum absolute atomic E-state index is 0.103. The van der Waals surface area contributed by atoms with Crippen LogP contribution < -0.4 is 10.7 Å². The van der Waals surface area contributed by atoms with Gasteiger partial charge in [-0.25, -0.2) is 14.5 Å². The molecule has 0 aliphatic carbocycles. The second kappa shape index (κ2) is 8.30. The molecule has 8 nitrogen and oxygen atoms in total. The van der Waals surface area contributed by atoms with E-state index < -0.39 is 11.8 Å². The molecule has 2 aromatic heterocycles. The molecule has 3 rings (SSSR count). The highest BCUT2D eigenvalue weighted by molar-refractivity contribution is 6.35. The van der Waals surface area contributed by atoms with Gasteiger partial charge in [-0.1, -0.05) is 0 Å². The first-order chi connectivity index (χ1) is 13.5. The molecule has 9 heteroatoms. The summed E-state index contributed by atoms with van der Waals surface area (Å²) in [6.07, 6.45) is 2.89. The predicted octanol–water partition coefficient (Wildman–Crippen LogP) is 1.99. The maximum Gasteiger partial charge on any atom is 0.329 e. The lowest BCUT2D eigenvalue weighted by Crippen LogP contribution is -2.37. The number of furan rings is 1. The molecule has 0 saturated carbocycles. The number of nitrogens with one attached hydrogen (secondary N) is 2. The van der Waals surface area contributed by atoms with Gasteiger partial charge in [0.25, 0.3) is 0 Å². The number of amides is 2. The Kier molecular flexibility index (Phi) is 5.64. The molecular formula is C19H18FN5O3. The van der Waals surface area contributed by atoms with E-state index in [9.17, 15) is 14.0 Å². The van der Waals surface area contributed by atoms with Gasteiger partial charge >= 0.3 is 11.8 Å². The van der Waals surface area contributed by atoms with Gasteiger partial charge in [-0.15, -0.1) is 0 Å². The number of aromatic nitrogens is 2. The summed E-state index contributed by atoms with van der Waals surface area (Å²) in [7, 11) is 0. The maximum absolute atomic E-state index is 13.1. The number of rotatable bonds is 5. The summed E-state index contributed by atoms with van der Waals surface area (Å²) in [5, 5.41) is 10.7. The Morgan fingerprint density at radius 2 is 1.96 bits per heavy atom. The number of aryl methyl sites for hydroxylation is 1. The number of benzene rings is 1. The van der Waals surface area contributed by atoms with E-state index in [1.54, 1.807) is 35.9 Å². The van der Waals surface area contributed by atoms with Crippen molar-refractivity contribution in [3.05, 3.63) is 71.2 Å². The Balaban J connectivity index is 1.63. The molecule has 0 aliphatic heterocycles. The van der Waals surface area contributed by atoms with Crippen LogP contribution in [0.5, 0.6) is 0 Å². The van der Waals surface area contributed by atoms with Crippen LogP contribution >= 0.6 is 0 Å². The van der Waals surface area contributed by atoms with E-state index in [-0.39, 0.29) is 12.4 Å². The van der Waals surface area contributed by atoms with Crippen LogP contribution in [0.3, 0.4) is 0 Å². The minimum atomic E-state index is -0.899. The normalized spacial score (nSPS) is 11.0. The second-order valence-electron chi connectivity index (χ2n) is 5.93. The van der Waals surface area contributed by atoms with E-state index in [2.05, 4.69) is 20.9 Å². The number of nitrogens with zero attached hydrogens (tertiary/aromatic N) is 3. The molecule has 28 heavy (non-hydrogen) atoms. The fourth-order valence-corrected chi connectivity index (χ4v) is 2.54. The summed E-state index contributed by atoms with van der Waals surface area (Å²) in [5.41, 5.74) is 4.97. The fraction of sp³-hybridized carbons (Fsp3) is 0.158. The Bertz CT molecular complexity index is 1010. The zero-order valence-electron chi connectivity index (χ0n) is 15.3. The summed E-state index contributed by atoms with van der Waals surface area (Å²) < 4.78 is 19.8. The van der Waals surface area contributed by atoms with Gasteiger partial charge in [0.2, 0.25) is 0 Å². The Morgan fingerprint density at radius 3 is 2.64 bits per heavy atom. The number of carbonyl (C=O) groups excluding carboxylic acids is 2. The zero-order valence-corrected chi connectivity index (χ0v) is 15.3. The third-order valence-electron chi connectivity index (χ3n) is 3.99. The third kappa shape index (κ3) is 4.32. The van der Waals surface area contributed by atoms with Crippen molar-refractivity contribution >= 4 is 18.0 Å². The average molecular weight is 383 g/mol. The first kappa shape index (κ1) is 19.0. The largest absolute Gasteiger partial charge is 0.467 e. The molecular weight excluding hydrogens is 365 g/mol. The molecule has 1 aromatic carbocycles. The van der Waals surface area contributed by atoms with Crippen molar-refractivity contribution in [3.63, 3.8) is 0 Å². The molecule has 144 valence electrons. The van der Waals surface area contributed by atoms with Gasteiger partial charge in [0, 0.05) is 5.56 Å². The summed E-state index contributed by atoms with van der Waals surface area (Å²) >= 11 is 0. The van der Waals surface area contributed by atoms with E-state index in [0.717, 1.165) is 5.69 Å². The van der Waals surface area contributed by atoms with E-state index in [0.29, 0.717) is 22.7 Å².